The van der Waals surface area contributed by atoms with Crippen molar-refractivity contribution in [3.63, 3.8) is 0 Å². The van der Waals surface area contributed by atoms with Crippen LogP contribution >= 0.6 is 0 Å². The number of hydrogen-bond acceptors (Lipinski definition) is 2. The van der Waals surface area contributed by atoms with Crippen LogP contribution in [0.15, 0.2) is 24.3 Å². The van der Waals surface area contributed by atoms with Crippen LogP contribution in [0.5, 0.6) is 0 Å². The van der Waals surface area contributed by atoms with Crippen molar-refractivity contribution >= 4 is 5.91 Å². The van der Waals surface area contributed by atoms with Gasteiger partial charge in [-0.25, -0.2) is 0 Å². The van der Waals surface area contributed by atoms with E-state index in [0.29, 0.717) is 11.1 Å². The molecule has 1 aromatic rings. The lowest BCUT2D eigenvalue weighted by molar-refractivity contribution is -0.134. The Morgan fingerprint density at radius 3 is 2.27 bits per heavy atom. The van der Waals surface area contributed by atoms with E-state index in [2.05, 4.69) is 5.32 Å². The lowest BCUT2D eigenvalue weighted by Gasteiger charge is -2.28. The molecule has 1 fully saturated rings. The van der Waals surface area contributed by atoms with E-state index in [4.69, 9.17) is 0 Å². The van der Waals surface area contributed by atoms with Crippen molar-refractivity contribution in [2.75, 3.05) is 6.61 Å². The lowest BCUT2D eigenvalue weighted by Crippen LogP contribution is -2.49. The third kappa shape index (κ3) is 4.47. The first-order valence-corrected chi connectivity index (χ1v) is 7.43. The van der Waals surface area contributed by atoms with Gasteiger partial charge in [-0.1, -0.05) is 25.0 Å². The van der Waals surface area contributed by atoms with Crippen LogP contribution in [-0.2, 0) is 6.42 Å². The van der Waals surface area contributed by atoms with Gasteiger partial charge in [-0.15, -0.1) is 0 Å². The minimum atomic E-state index is -4.17. The maximum absolute atomic E-state index is 12.2. The SMILES string of the molecule is O=C(NC1(CO)CCCC1)c1ccc(CCC(F)(F)F)cc1. The van der Waals surface area contributed by atoms with Crippen LogP contribution in [0, 0.1) is 0 Å². The van der Waals surface area contributed by atoms with Gasteiger partial charge in [-0.3, -0.25) is 4.79 Å². The second kappa shape index (κ2) is 6.69. The Kier molecular flexibility index (Phi) is 5.11. The number of rotatable bonds is 5. The van der Waals surface area contributed by atoms with Crippen molar-refractivity contribution < 1.29 is 23.1 Å². The molecule has 1 aliphatic rings. The number of alkyl halides is 3. The van der Waals surface area contributed by atoms with Crippen LogP contribution in [0.2, 0.25) is 0 Å². The molecule has 0 heterocycles. The molecule has 1 aliphatic carbocycles. The van der Waals surface area contributed by atoms with Gasteiger partial charge in [0, 0.05) is 12.0 Å². The molecule has 0 saturated heterocycles. The monoisotopic (exact) mass is 315 g/mol. The number of aryl methyl sites for hydroxylation is 1. The Morgan fingerprint density at radius 2 is 1.77 bits per heavy atom. The Balaban J connectivity index is 1.96. The fourth-order valence-corrected chi connectivity index (χ4v) is 2.80. The molecule has 0 radical (unpaired) electrons. The molecule has 0 unspecified atom stereocenters. The second-order valence-electron chi connectivity index (χ2n) is 5.91. The molecular formula is C16H20F3NO2. The molecule has 0 spiro atoms. The molecule has 3 nitrogen and oxygen atoms in total. The quantitative estimate of drug-likeness (QED) is 0.876. The smallest absolute Gasteiger partial charge is 0.389 e. The molecule has 0 aliphatic heterocycles. The van der Waals surface area contributed by atoms with Crippen LogP contribution in [0.4, 0.5) is 13.2 Å². The average Bonchev–Trinajstić information content (AvgIpc) is 2.94. The third-order valence-corrected chi connectivity index (χ3v) is 4.16. The summed E-state index contributed by atoms with van der Waals surface area (Å²) < 4.78 is 36.5. The molecule has 122 valence electrons. The molecule has 2 N–H and O–H groups in total. The predicted molar refractivity (Wildman–Crippen MR) is 76.6 cm³/mol. The topological polar surface area (TPSA) is 49.3 Å². The Bertz CT molecular complexity index is 505. The fourth-order valence-electron chi connectivity index (χ4n) is 2.80. The summed E-state index contributed by atoms with van der Waals surface area (Å²) in [6.45, 7) is -0.0948. The summed E-state index contributed by atoms with van der Waals surface area (Å²) in [7, 11) is 0. The summed E-state index contributed by atoms with van der Waals surface area (Å²) in [6.07, 6.45) is -1.70. The van der Waals surface area contributed by atoms with E-state index in [-0.39, 0.29) is 18.9 Å². The predicted octanol–water partition coefficient (Wildman–Crippen LogP) is 3.22. The minimum Gasteiger partial charge on any atom is -0.394 e. The average molecular weight is 315 g/mol. The van der Waals surface area contributed by atoms with Gasteiger partial charge in [-0.05, 0) is 37.0 Å². The molecule has 0 aromatic heterocycles. The van der Waals surface area contributed by atoms with Crippen molar-refractivity contribution in [1.29, 1.82) is 0 Å². The molecule has 22 heavy (non-hydrogen) atoms. The first-order chi connectivity index (χ1) is 10.3. The van der Waals surface area contributed by atoms with E-state index in [9.17, 15) is 23.1 Å². The number of benzene rings is 1. The van der Waals surface area contributed by atoms with Gasteiger partial charge < -0.3 is 10.4 Å². The maximum atomic E-state index is 12.2. The van der Waals surface area contributed by atoms with Crippen molar-refractivity contribution in [2.45, 2.75) is 50.2 Å². The molecule has 0 atom stereocenters. The summed E-state index contributed by atoms with van der Waals surface area (Å²) in [6, 6.07) is 6.14. The number of hydrogen-bond donors (Lipinski definition) is 2. The number of halogens is 3. The van der Waals surface area contributed by atoms with Crippen molar-refractivity contribution in [1.82, 2.24) is 5.32 Å². The number of carbonyl (C=O) groups is 1. The van der Waals surface area contributed by atoms with Crippen LogP contribution in [0.25, 0.3) is 0 Å². The van der Waals surface area contributed by atoms with Crippen LogP contribution < -0.4 is 5.32 Å². The highest BCUT2D eigenvalue weighted by Crippen LogP contribution is 2.29. The summed E-state index contributed by atoms with van der Waals surface area (Å²) in [4.78, 5) is 12.2. The van der Waals surface area contributed by atoms with E-state index in [0.717, 1.165) is 25.7 Å². The molecule has 1 amide bonds. The van der Waals surface area contributed by atoms with Gasteiger partial charge in [0.05, 0.1) is 12.1 Å². The third-order valence-electron chi connectivity index (χ3n) is 4.16. The van der Waals surface area contributed by atoms with Gasteiger partial charge in [0.25, 0.3) is 5.91 Å². The minimum absolute atomic E-state index is 0.0913. The Labute approximate surface area is 127 Å². The highest BCUT2D eigenvalue weighted by molar-refractivity contribution is 5.94. The Morgan fingerprint density at radius 1 is 1.18 bits per heavy atom. The van der Waals surface area contributed by atoms with E-state index in [1.165, 1.54) is 12.1 Å². The first-order valence-electron chi connectivity index (χ1n) is 7.43. The number of aliphatic hydroxyl groups is 1. The molecule has 1 saturated carbocycles. The highest BCUT2D eigenvalue weighted by Gasteiger charge is 2.34. The molecule has 2 rings (SSSR count). The van der Waals surface area contributed by atoms with E-state index < -0.39 is 18.1 Å². The largest absolute Gasteiger partial charge is 0.394 e. The van der Waals surface area contributed by atoms with Crippen LogP contribution in [0.1, 0.15) is 48.0 Å². The van der Waals surface area contributed by atoms with Crippen LogP contribution in [-0.4, -0.2) is 29.3 Å². The molecular weight excluding hydrogens is 295 g/mol. The lowest BCUT2D eigenvalue weighted by atomic mass is 9.98. The number of aliphatic hydroxyl groups excluding tert-OH is 1. The molecule has 6 heteroatoms. The fraction of sp³-hybridized carbons (Fsp3) is 0.562. The van der Waals surface area contributed by atoms with Gasteiger partial charge in [-0.2, -0.15) is 13.2 Å². The molecule has 1 aromatic carbocycles. The summed E-state index contributed by atoms with van der Waals surface area (Å²) in [5.74, 6) is -0.293. The number of carbonyl (C=O) groups excluding carboxylic acids is 1. The van der Waals surface area contributed by atoms with Gasteiger partial charge >= 0.3 is 6.18 Å². The van der Waals surface area contributed by atoms with Crippen molar-refractivity contribution in [3.8, 4) is 0 Å². The van der Waals surface area contributed by atoms with E-state index in [1.54, 1.807) is 12.1 Å². The highest BCUT2D eigenvalue weighted by atomic mass is 19.4. The van der Waals surface area contributed by atoms with E-state index >= 15 is 0 Å². The van der Waals surface area contributed by atoms with Gasteiger partial charge in [0.15, 0.2) is 0 Å². The number of amides is 1. The Hall–Kier alpha value is -1.56. The summed E-state index contributed by atoms with van der Waals surface area (Å²) >= 11 is 0. The first kappa shape index (κ1) is 16.8. The van der Waals surface area contributed by atoms with Crippen LogP contribution in [0.3, 0.4) is 0 Å². The summed E-state index contributed by atoms with van der Waals surface area (Å²) in [5.41, 5.74) is 0.397. The molecule has 0 bridgehead atoms. The number of nitrogens with one attached hydrogen (secondary N) is 1. The zero-order chi connectivity index (χ0) is 16.2. The van der Waals surface area contributed by atoms with E-state index in [1.807, 2.05) is 0 Å². The second-order valence-corrected chi connectivity index (χ2v) is 5.91. The normalized spacial score (nSPS) is 17.5. The van der Waals surface area contributed by atoms with Crippen molar-refractivity contribution in [2.24, 2.45) is 0 Å². The standard InChI is InChI=1S/C16H20F3NO2/c17-16(18,19)10-7-12-3-5-13(6-4-12)14(22)20-15(11-21)8-1-2-9-15/h3-6,21H,1-2,7-11H2,(H,20,22). The van der Waals surface area contributed by atoms with Gasteiger partial charge in [0.1, 0.15) is 0 Å². The zero-order valence-electron chi connectivity index (χ0n) is 12.2. The zero-order valence-corrected chi connectivity index (χ0v) is 12.2. The van der Waals surface area contributed by atoms with Gasteiger partial charge in [0.2, 0.25) is 0 Å². The van der Waals surface area contributed by atoms with Crippen molar-refractivity contribution in [3.05, 3.63) is 35.4 Å². The maximum Gasteiger partial charge on any atom is 0.389 e. The summed E-state index contributed by atoms with van der Waals surface area (Å²) in [5, 5.41) is 12.3.